The molecule has 1 aromatic carbocycles. The van der Waals surface area contributed by atoms with Crippen LogP contribution in [0.4, 0.5) is 5.69 Å². The fourth-order valence-electron chi connectivity index (χ4n) is 2.11. The molecule has 2 N–H and O–H groups in total. The van der Waals surface area contributed by atoms with Gasteiger partial charge in [0.1, 0.15) is 0 Å². The SMILES string of the molecule is CN1CCN(CCc2ccccc2N)CC1. The minimum absolute atomic E-state index is 0.927. The highest BCUT2D eigenvalue weighted by molar-refractivity contribution is 5.46. The fraction of sp³-hybridized carbons (Fsp3) is 0.538. The quantitative estimate of drug-likeness (QED) is 0.772. The van der Waals surface area contributed by atoms with Crippen molar-refractivity contribution in [1.29, 1.82) is 0 Å². The molecular weight excluding hydrogens is 198 g/mol. The van der Waals surface area contributed by atoms with Crippen LogP contribution in [0, 0.1) is 0 Å². The van der Waals surface area contributed by atoms with Crippen LogP contribution in [0.15, 0.2) is 24.3 Å². The second kappa shape index (κ2) is 5.32. The van der Waals surface area contributed by atoms with Crippen molar-refractivity contribution in [3.05, 3.63) is 29.8 Å². The zero-order valence-electron chi connectivity index (χ0n) is 10.0. The van der Waals surface area contributed by atoms with Crippen LogP contribution < -0.4 is 5.73 Å². The summed E-state index contributed by atoms with van der Waals surface area (Å²) >= 11 is 0. The molecule has 2 rings (SSSR count). The van der Waals surface area contributed by atoms with Gasteiger partial charge in [0, 0.05) is 38.4 Å². The molecule has 1 fully saturated rings. The molecule has 0 radical (unpaired) electrons. The van der Waals surface area contributed by atoms with Crippen molar-refractivity contribution in [2.75, 3.05) is 45.5 Å². The maximum absolute atomic E-state index is 5.93. The van der Waals surface area contributed by atoms with Gasteiger partial charge in [-0.15, -0.1) is 0 Å². The summed E-state index contributed by atoms with van der Waals surface area (Å²) in [7, 11) is 2.19. The summed E-state index contributed by atoms with van der Waals surface area (Å²) in [5, 5.41) is 0. The molecule has 0 unspecified atom stereocenters. The van der Waals surface area contributed by atoms with E-state index in [-0.39, 0.29) is 0 Å². The van der Waals surface area contributed by atoms with Crippen LogP contribution in [0.2, 0.25) is 0 Å². The molecule has 1 aliphatic heterocycles. The first kappa shape index (κ1) is 11.4. The molecule has 1 aliphatic rings. The predicted octanol–water partition coefficient (Wildman–Crippen LogP) is 1.06. The van der Waals surface area contributed by atoms with Crippen LogP contribution in [0.25, 0.3) is 0 Å². The first-order valence-electron chi connectivity index (χ1n) is 6.00. The summed E-state index contributed by atoms with van der Waals surface area (Å²) < 4.78 is 0. The maximum Gasteiger partial charge on any atom is 0.0347 e. The molecule has 16 heavy (non-hydrogen) atoms. The monoisotopic (exact) mass is 219 g/mol. The van der Waals surface area contributed by atoms with Crippen molar-refractivity contribution in [3.63, 3.8) is 0 Å². The topological polar surface area (TPSA) is 32.5 Å². The molecule has 0 saturated carbocycles. The van der Waals surface area contributed by atoms with E-state index in [4.69, 9.17) is 5.73 Å². The number of rotatable bonds is 3. The van der Waals surface area contributed by atoms with Gasteiger partial charge < -0.3 is 15.5 Å². The lowest BCUT2D eigenvalue weighted by atomic mass is 10.1. The van der Waals surface area contributed by atoms with Gasteiger partial charge in [-0.2, -0.15) is 0 Å². The number of benzene rings is 1. The summed E-state index contributed by atoms with van der Waals surface area (Å²) in [5.41, 5.74) is 8.14. The van der Waals surface area contributed by atoms with Crippen molar-refractivity contribution >= 4 is 5.69 Å². The standard InChI is InChI=1S/C13H21N3/c1-15-8-10-16(11-9-15)7-6-12-4-2-3-5-13(12)14/h2-5H,6-11,14H2,1H3. The van der Waals surface area contributed by atoms with Crippen LogP contribution in [-0.4, -0.2) is 49.6 Å². The number of para-hydroxylation sites is 1. The predicted molar refractivity (Wildman–Crippen MR) is 68.5 cm³/mol. The molecule has 88 valence electrons. The maximum atomic E-state index is 5.93. The van der Waals surface area contributed by atoms with Gasteiger partial charge >= 0.3 is 0 Å². The average Bonchev–Trinajstić information content (AvgIpc) is 2.30. The Balaban J connectivity index is 1.81. The second-order valence-electron chi connectivity index (χ2n) is 4.59. The van der Waals surface area contributed by atoms with Crippen LogP contribution >= 0.6 is 0 Å². The van der Waals surface area contributed by atoms with E-state index in [0.29, 0.717) is 0 Å². The van der Waals surface area contributed by atoms with E-state index >= 15 is 0 Å². The van der Waals surface area contributed by atoms with Gasteiger partial charge in [0.15, 0.2) is 0 Å². The molecule has 1 saturated heterocycles. The molecule has 0 atom stereocenters. The zero-order valence-corrected chi connectivity index (χ0v) is 10.0. The summed E-state index contributed by atoms with van der Waals surface area (Å²) in [6, 6.07) is 8.18. The van der Waals surface area contributed by atoms with Gasteiger partial charge in [-0.05, 0) is 25.1 Å². The van der Waals surface area contributed by atoms with Crippen LogP contribution in [0.3, 0.4) is 0 Å². The third-order valence-electron chi connectivity index (χ3n) is 3.35. The number of nitrogens with two attached hydrogens (primary N) is 1. The van der Waals surface area contributed by atoms with Crippen molar-refractivity contribution in [2.45, 2.75) is 6.42 Å². The number of nitrogens with zero attached hydrogens (tertiary/aromatic N) is 2. The lowest BCUT2D eigenvalue weighted by molar-refractivity contribution is 0.155. The molecule has 1 heterocycles. The Morgan fingerprint density at radius 2 is 1.81 bits per heavy atom. The lowest BCUT2D eigenvalue weighted by Crippen LogP contribution is -2.45. The van der Waals surface area contributed by atoms with Crippen molar-refractivity contribution in [3.8, 4) is 0 Å². The first-order valence-corrected chi connectivity index (χ1v) is 6.00. The second-order valence-corrected chi connectivity index (χ2v) is 4.59. The van der Waals surface area contributed by atoms with Gasteiger partial charge in [-0.25, -0.2) is 0 Å². The molecule has 0 aliphatic carbocycles. The number of anilines is 1. The van der Waals surface area contributed by atoms with Crippen molar-refractivity contribution < 1.29 is 0 Å². The molecule has 0 amide bonds. The number of nitrogen functional groups attached to an aromatic ring is 1. The van der Waals surface area contributed by atoms with Crippen LogP contribution in [0.1, 0.15) is 5.56 Å². The van der Waals surface area contributed by atoms with Crippen LogP contribution in [-0.2, 0) is 6.42 Å². The Kier molecular flexibility index (Phi) is 3.80. The van der Waals surface area contributed by atoms with Gasteiger partial charge in [0.25, 0.3) is 0 Å². The highest BCUT2D eigenvalue weighted by Crippen LogP contribution is 2.12. The highest BCUT2D eigenvalue weighted by atomic mass is 15.2. The number of hydrogen-bond donors (Lipinski definition) is 1. The summed E-state index contributed by atoms with van der Waals surface area (Å²) in [6.07, 6.45) is 1.07. The van der Waals surface area contributed by atoms with Crippen molar-refractivity contribution in [1.82, 2.24) is 9.80 Å². The smallest absolute Gasteiger partial charge is 0.0347 e. The lowest BCUT2D eigenvalue weighted by Gasteiger charge is -2.32. The van der Waals surface area contributed by atoms with E-state index in [0.717, 1.165) is 18.7 Å². The fourth-order valence-corrected chi connectivity index (χ4v) is 2.11. The Labute approximate surface area is 97.8 Å². The zero-order chi connectivity index (χ0) is 11.4. The molecule has 0 bridgehead atoms. The molecule has 3 heteroatoms. The molecule has 0 spiro atoms. The first-order chi connectivity index (χ1) is 7.75. The van der Waals surface area contributed by atoms with E-state index in [9.17, 15) is 0 Å². The van der Waals surface area contributed by atoms with E-state index < -0.39 is 0 Å². The number of piperazine rings is 1. The largest absolute Gasteiger partial charge is 0.399 e. The van der Waals surface area contributed by atoms with Gasteiger partial charge in [0.2, 0.25) is 0 Å². The van der Waals surface area contributed by atoms with Gasteiger partial charge in [-0.1, -0.05) is 18.2 Å². The van der Waals surface area contributed by atoms with Crippen LogP contribution in [0.5, 0.6) is 0 Å². The average molecular weight is 219 g/mol. The molecule has 1 aromatic rings. The third-order valence-corrected chi connectivity index (χ3v) is 3.35. The Morgan fingerprint density at radius 1 is 1.12 bits per heavy atom. The number of likely N-dealkylation sites (N-methyl/N-ethyl adjacent to an activating group) is 1. The minimum Gasteiger partial charge on any atom is -0.399 e. The molecule has 0 aromatic heterocycles. The summed E-state index contributed by atoms with van der Waals surface area (Å²) in [6.45, 7) is 5.86. The Morgan fingerprint density at radius 3 is 2.50 bits per heavy atom. The van der Waals surface area contributed by atoms with Crippen molar-refractivity contribution in [2.24, 2.45) is 0 Å². The molecular formula is C13H21N3. The van der Waals surface area contributed by atoms with E-state index in [1.807, 2.05) is 12.1 Å². The summed E-state index contributed by atoms with van der Waals surface area (Å²) in [4.78, 5) is 4.90. The normalized spacial score (nSPS) is 18.8. The van der Waals surface area contributed by atoms with Gasteiger partial charge in [-0.3, -0.25) is 0 Å². The third kappa shape index (κ3) is 2.97. The minimum atomic E-state index is 0.927. The number of hydrogen-bond acceptors (Lipinski definition) is 3. The molecule has 3 nitrogen and oxygen atoms in total. The van der Waals surface area contributed by atoms with E-state index in [2.05, 4.69) is 29.0 Å². The Hall–Kier alpha value is -1.06. The highest BCUT2D eigenvalue weighted by Gasteiger charge is 2.13. The van der Waals surface area contributed by atoms with E-state index in [1.165, 1.54) is 31.7 Å². The van der Waals surface area contributed by atoms with E-state index in [1.54, 1.807) is 0 Å². The summed E-state index contributed by atoms with van der Waals surface area (Å²) in [5.74, 6) is 0. The van der Waals surface area contributed by atoms with Gasteiger partial charge in [0.05, 0.1) is 0 Å². The Bertz CT molecular complexity index is 330.